The van der Waals surface area contributed by atoms with E-state index >= 15 is 0 Å². The molecule has 1 aliphatic carbocycles. The van der Waals surface area contributed by atoms with E-state index in [1.165, 1.54) is 29.7 Å². The van der Waals surface area contributed by atoms with Crippen LogP contribution < -0.4 is 5.32 Å². The lowest BCUT2D eigenvalue weighted by Gasteiger charge is -2.28. The third kappa shape index (κ3) is 3.00. The Kier molecular flexibility index (Phi) is 3.81. The van der Waals surface area contributed by atoms with E-state index in [0.717, 1.165) is 13.0 Å². The average Bonchev–Trinajstić information content (AvgIpc) is 2.90. The standard InChI is InChI=1S/C17H24N4/c1-17(2,3)21-16-6-4-5-15(14(16)12-20-21)19-11-13-7-9-18-10-8-13/h7-10,12,15,19H,4-6,11H2,1-3H3. The van der Waals surface area contributed by atoms with Crippen LogP contribution in [0.1, 0.15) is 56.5 Å². The highest BCUT2D eigenvalue weighted by atomic mass is 15.3. The van der Waals surface area contributed by atoms with Crippen molar-refractivity contribution in [1.82, 2.24) is 20.1 Å². The first-order valence-corrected chi connectivity index (χ1v) is 7.75. The van der Waals surface area contributed by atoms with E-state index in [9.17, 15) is 0 Å². The Labute approximate surface area is 126 Å². The molecule has 4 nitrogen and oxygen atoms in total. The lowest BCUT2D eigenvalue weighted by molar-refractivity contribution is 0.334. The molecule has 3 rings (SSSR count). The number of nitrogens with one attached hydrogen (secondary N) is 1. The van der Waals surface area contributed by atoms with Gasteiger partial charge in [-0.15, -0.1) is 0 Å². The van der Waals surface area contributed by atoms with Crippen molar-refractivity contribution in [3.63, 3.8) is 0 Å². The molecule has 0 aliphatic heterocycles. The molecule has 0 saturated carbocycles. The zero-order chi connectivity index (χ0) is 14.9. The van der Waals surface area contributed by atoms with Crippen LogP contribution in [0, 0.1) is 0 Å². The molecule has 2 aromatic rings. The first-order valence-electron chi connectivity index (χ1n) is 7.75. The minimum absolute atomic E-state index is 0.0561. The van der Waals surface area contributed by atoms with Gasteiger partial charge in [0.1, 0.15) is 0 Å². The van der Waals surface area contributed by atoms with E-state index in [1.807, 2.05) is 12.4 Å². The van der Waals surface area contributed by atoms with Crippen LogP contribution in [0.3, 0.4) is 0 Å². The highest BCUT2D eigenvalue weighted by molar-refractivity contribution is 5.26. The molecule has 1 N–H and O–H groups in total. The molecule has 112 valence electrons. The van der Waals surface area contributed by atoms with Crippen molar-refractivity contribution in [2.24, 2.45) is 0 Å². The lowest BCUT2D eigenvalue weighted by atomic mass is 9.92. The van der Waals surface area contributed by atoms with Crippen molar-refractivity contribution in [1.29, 1.82) is 0 Å². The Morgan fingerprint density at radius 2 is 2.05 bits per heavy atom. The Balaban J connectivity index is 1.77. The lowest BCUT2D eigenvalue weighted by Crippen LogP contribution is -2.29. The van der Waals surface area contributed by atoms with Crippen LogP contribution in [0.4, 0.5) is 0 Å². The molecule has 1 aliphatic rings. The molecule has 0 saturated heterocycles. The quantitative estimate of drug-likeness (QED) is 0.941. The molecule has 1 unspecified atom stereocenters. The largest absolute Gasteiger partial charge is 0.306 e. The van der Waals surface area contributed by atoms with Gasteiger partial charge in [-0.05, 0) is 57.7 Å². The SMILES string of the molecule is CC(C)(C)n1ncc2c1CCCC2NCc1ccncc1. The molecule has 2 aromatic heterocycles. The van der Waals surface area contributed by atoms with Crippen LogP contribution >= 0.6 is 0 Å². The monoisotopic (exact) mass is 284 g/mol. The number of nitrogens with zero attached hydrogens (tertiary/aromatic N) is 3. The van der Waals surface area contributed by atoms with Gasteiger partial charge >= 0.3 is 0 Å². The molecule has 0 bridgehead atoms. The van der Waals surface area contributed by atoms with E-state index in [2.05, 4.69) is 59.2 Å². The maximum absolute atomic E-state index is 4.64. The summed E-state index contributed by atoms with van der Waals surface area (Å²) in [5, 5.41) is 8.32. The first kappa shape index (κ1) is 14.3. The molecule has 21 heavy (non-hydrogen) atoms. The van der Waals surface area contributed by atoms with Gasteiger partial charge in [0.05, 0.1) is 11.7 Å². The van der Waals surface area contributed by atoms with Gasteiger partial charge in [-0.3, -0.25) is 9.67 Å². The van der Waals surface area contributed by atoms with Crippen molar-refractivity contribution in [3.05, 3.63) is 47.5 Å². The third-order valence-electron chi connectivity index (χ3n) is 4.12. The van der Waals surface area contributed by atoms with Crippen LogP contribution in [-0.4, -0.2) is 14.8 Å². The molecule has 2 heterocycles. The Morgan fingerprint density at radius 1 is 1.29 bits per heavy atom. The summed E-state index contributed by atoms with van der Waals surface area (Å²) >= 11 is 0. The summed E-state index contributed by atoms with van der Waals surface area (Å²) in [6, 6.07) is 4.54. The van der Waals surface area contributed by atoms with Crippen LogP contribution in [-0.2, 0) is 18.5 Å². The predicted octanol–water partition coefficient (Wildman–Crippen LogP) is 3.20. The van der Waals surface area contributed by atoms with Crippen molar-refractivity contribution in [3.8, 4) is 0 Å². The molecule has 0 spiro atoms. The maximum atomic E-state index is 4.64. The molecule has 1 atom stereocenters. The van der Waals surface area contributed by atoms with Crippen LogP contribution in [0.2, 0.25) is 0 Å². The number of pyridine rings is 1. The molecule has 0 amide bonds. The van der Waals surface area contributed by atoms with Crippen molar-refractivity contribution in [2.75, 3.05) is 0 Å². The number of hydrogen-bond acceptors (Lipinski definition) is 3. The summed E-state index contributed by atoms with van der Waals surface area (Å²) in [5.74, 6) is 0. The highest BCUT2D eigenvalue weighted by Crippen LogP contribution is 2.32. The van der Waals surface area contributed by atoms with E-state index in [1.54, 1.807) is 0 Å². The number of fused-ring (bicyclic) bond motifs is 1. The summed E-state index contributed by atoms with van der Waals surface area (Å²) in [4.78, 5) is 4.07. The second-order valence-electron chi connectivity index (χ2n) is 6.81. The smallest absolute Gasteiger partial charge is 0.0546 e. The molecular weight excluding hydrogens is 260 g/mol. The van der Waals surface area contributed by atoms with E-state index < -0.39 is 0 Å². The van der Waals surface area contributed by atoms with Gasteiger partial charge in [-0.2, -0.15) is 5.10 Å². The minimum Gasteiger partial charge on any atom is -0.306 e. The van der Waals surface area contributed by atoms with Crippen molar-refractivity contribution < 1.29 is 0 Å². The number of aromatic nitrogens is 3. The van der Waals surface area contributed by atoms with Gasteiger partial charge in [0, 0.05) is 36.2 Å². The summed E-state index contributed by atoms with van der Waals surface area (Å²) < 4.78 is 2.20. The average molecular weight is 284 g/mol. The molecule has 0 aromatic carbocycles. The second kappa shape index (κ2) is 5.60. The van der Waals surface area contributed by atoms with E-state index in [-0.39, 0.29) is 5.54 Å². The first-order chi connectivity index (χ1) is 10.1. The van der Waals surface area contributed by atoms with Gasteiger partial charge in [-0.25, -0.2) is 0 Å². The summed E-state index contributed by atoms with van der Waals surface area (Å²) in [6.07, 6.45) is 9.31. The fraction of sp³-hybridized carbons (Fsp3) is 0.529. The molecule has 4 heteroatoms. The normalized spacial score (nSPS) is 18.5. The molecule has 0 fully saturated rings. The summed E-state index contributed by atoms with van der Waals surface area (Å²) in [6.45, 7) is 7.53. The van der Waals surface area contributed by atoms with Crippen LogP contribution in [0.25, 0.3) is 0 Å². The Morgan fingerprint density at radius 3 is 2.76 bits per heavy atom. The summed E-state index contributed by atoms with van der Waals surface area (Å²) in [5.41, 5.74) is 4.12. The zero-order valence-electron chi connectivity index (χ0n) is 13.1. The topological polar surface area (TPSA) is 42.7 Å². The Bertz CT molecular complexity index is 595. The van der Waals surface area contributed by atoms with Gasteiger partial charge in [0.25, 0.3) is 0 Å². The van der Waals surface area contributed by atoms with Crippen LogP contribution in [0.15, 0.2) is 30.7 Å². The maximum Gasteiger partial charge on any atom is 0.0546 e. The molecule has 0 radical (unpaired) electrons. The van der Waals surface area contributed by atoms with Gasteiger partial charge < -0.3 is 5.32 Å². The predicted molar refractivity (Wildman–Crippen MR) is 84.0 cm³/mol. The second-order valence-corrected chi connectivity index (χ2v) is 6.81. The zero-order valence-corrected chi connectivity index (χ0v) is 13.1. The number of hydrogen-bond donors (Lipinski definition) is 1. The summed E-state index contributed by atoms with van der Waals surface area (Å²) in [7, 11) is 0. The van der Waals surface area contributed by atoms with Gasteiger partial charge in [-0.1, -0.05) is 0 Å². The Hall–Kier alpha value is -1.68. The fourth-order valence-electron chi connectivity index (χ4n) is 3.09. The number of rotatable bonds is 3. The van der Waals surface area contributed by atoms with Gasteiger partial charge in [0.15, 0.2) is 0 Å². The van der Waals surface area contributed by atoms with E-state index in [0.29, 0.717) is 6.04 Å². The van der Waals surface area contributed by atoms with Gasteiger partial charge in [0.2, 0.25) is 0 Å². The van der Waals surface area contributed by atoms with Crippen molar-refractivity contribution in [2.45, 2.75) is 58.2 Å². The third-order valence-corrected chi connectivity index (χ3v) is 4.12. The van der Waals surface area contributed by atoms with Crippen molar-refractivity contribution >= 4 is 0 Å². The minimum atomic E-state index is 0.0561. The van der Waals surface area contributed by atoms with Crippen LogP contribution in [0.5, 0.6) is 0 Å². The van der Waals surface area contributed by atoms with E-state index in [4.69, 9.17) is 0 Å². The fourth-order valence-corrected chi connectivity index (χ4v) is 3.09. The highest BCUT2D eigenvalue weighted by Gasteiger charge is 2.27. The molecular formula is C17H24N4.